The number of anilines is 1. The Hall–Kier alpha value is -4.18. The number of hydrogen-bond acceptors (Lipinski definition) is 6. The van der Waals surface area contributed by atoms with Gasteiger partial charge in [-0.05, 0) is 55.7 Å². The molecule has 2 N–H and O–H groups in total. The molecule has 5 rings (SSSR count). The lowest BCUT2D eigenvalue weighted by atomic mass is 9.92. The molecule has 0 spiro atoms. The molecule has 2 unspecified atom stereocenters. The van der Waals surface area contributed by atoms with Crippen LogP contribution in [0.25, 0.3) is 11.3 Å². The van der Waals surface area contributed by atoms with Crippen molar-refractivity contribution in [2.75, 3.05) is 46.6 Å². The van der Waals surface area contributed by atoms with Gasteiger partial charge in [-0.3, -0.25) is 19.1 Å². The number of pyridine rings is 1. The maximum Gasteiger partial charge on any atom is 0.257 e. The van der Waals surface area contributed by atoms with Crippen LogP contribution in [0.4, 0.5) is 14.5 Å². The third kappa shape index (κ3) is 6.01. The Kier molecular flexibility index (Phi) is 9.59. The van der Waals surface area contributed by atoms with Crippen molar-refractivity contribution in [1.29, 1.82) is 0 Å². The van der Waals surface area contributed by atoms with Gasteiger partial charge in [-0.2, -0.15) is 0 Å². The molecule has 0 bridgehead atoms. The Balaban J connectivity index is 0.00000207. The van der Waals surface area contributed by atoms with E-state index in [1.165, 1.54) is 27.8 Å². The van der Waals surface area contributed by atoms with Gasteiger partial charge in [0.2, 0.25) is 0 Å². The number of fused-ring (bicyclic) bond motifs is 1. The van der Waals surface area contributed by atoms with Crippen LogP contribution in [0, 0.1) is 18.6 Å². The summed E-state index contributed by atoms with van der Waals surface area (Å²) in [4.78, 5) is 31.1. The third-order valence-corrected chi connectivity index (χ3v) is 8.20. The predicted molar refractivity (Wildman–Crippen MR) is 169 cm³/mol. The van der Waals surface area contributed by atoms with Crippen molar-refractivity contribution < 1.29 is 13.6 Å². The Morgan fingerprint density at radius 1 is 1.16 bits per heavy atom. The summed E-state index contributed by atoms with van der Waals surface area (Å²) in [5.41, 5.74) is 5.01. The SMILES string of the molecule is CC.CNc1cc(=O)n(C2=C3C=C(C(C)N4CC=C(c5c(C)cc(C(=O)N(C)C)cc5F)CC4)N(C)C3NC=C2)cc1F. The zero-order chi connectivity index (χ0) is 31.6. The van der Waals surface area contributed by atoms with Crippen LogP contribution in [0.5, 0.6) is 0 Å². The molecule has 0 radical (unpaired) electrons. The van der Waals surface area contributed by atoms with Crippen LogP contribution in [0.1, 0.15) is 48.7 Å². The Morgan fingerprint density at radius 3 is 2.49 bits per heavy atom. The van der Waals surface area contributed by atoms with Crippen LogP contribution in [-0.4, -0.2) is 78.7 Å². The van der Waals surface area contributed by atoms with Crippen molar-refractivity contribution in [2.24, 2.45) is 0 Å². The molecule has 1 aromatic carbocycles. The summed E-state index contributed by atoms with van der Waals surface area (Å²) >= 11 is 0. The van der Waals surface area contributed by atoms with Gasteiger partial charge in [0.1, 0.15) is 12.0 Å². The molecular weight excluding hydrogens is 550 g/mol. The molecule has 0 saturated carbocycles. The highest BCUT2D eigenvalue weighted by Crippen LogP contribution is 2.35. The molecule has 4 heterocycles. The summed E-state index contributed by atoms with van der Waals surface area (Å²) in [6.07, 6.45) is 9.40. The van der Waals surface area contributed by atoms with E-state index in [-0.39, 0.29) is 35.2 Å². The highest BCUT2D eigenvalue weighted by molar-refractivity contribution is 5.94. The summed E-state index contributed by atoms with van der Waals surface area (Å²) in [5, 5.41) is 6.06. The summed E-state index contributed by atoms with van der Waals surface area (Å²) in [5.74, 6) is -1.11. The molecule has 1 amide bonds. The van der Waals surface area contributed by atoms with E-state index in [0.29, 0.717) is 29.8 Å². The molecule has 8 nitrogen and oxygen atoms in total. The molecule has 1 aromatic heterocycles. The van der Waals surface area contributed by atoms with Crippen molar-refractivity contribution in [3.63, 3.8) is 0 Å². The van der Waals surface area contributed by atoms with Crippen LogP contribution in [-0.2, 0) is 0 Å². The van der Waals surface area contributed by atoms with Gasteiger partial charge in [-0.1, -0.05) is 19.9 Å². The third-order valence-electron chi connectivity index (χ3n) is 8.20. The molecule has 43 heavy (non-hydrogen) atoms. The van der Waals surface area contributed by atoms with Crippen LogP contribution >= 0.6 is 0 Å². The fourth-order valence-electron chi connectivity index (χ4n) is 5.93. The van der Waals surface area contributed by atoms with Crippen LogP contribution in [0.2, 0.25) is 0 Å². The maximum atomic E-state index is 15.2. The average Bonchev–Trinajstić information content (AvgIpc) is 3.34. The van der Waals surface area contributed by atoms with E-state index in [1.54, 1.807) is 39.5 Å². The number of aryl methyl sites for hydroxylation is 1. The van der Waals surface area contributed by atoms with Gasteiger partial charge in [-0.15, -0.1) is 0 Å². The smallest absolute Gasteiger partial charge is 0.257 e. The number of nitrogens with one attached hydrogen (secondary N) is 2. The molecule has 2 aromatic rings. The van der Waals surface area contributed by atoms with E-state index in [0.717, 1.165) is 29.0 Å². The van der Waals surface area contributed by atoms with E-state index < -0.39 is 5.82 Å². The highest BCUT2D eigenvalue weighted by Gasteiger charge is 2.35. The van der Waals surface area contributed by atoms with Gasteiger partial charge in [-0.25, -0.2) is 8.78 Å². The van der Waals surface area contributed by atoms with Crippen LogP contribution in [0.15, 0.2) is 64.9 Å². The number of carbonyl (C=O) groups is 1. The van der Waals surface area contributed by atoms with E-state index in [2.05, 4.69) is 39.5 Å². The Morgan fingerprint density at radius 2 is 1.88 bits per heavy atom. The van der Waals surface area contributed by atoms with Crippen LogP contribution in [0.3, 0.4) is 0 Å². The number of dihydropyridines is 1. The molecular formula is C33H42F2N6O2. The number of hydrogen-bond donors (Lipinski definition) is 2. The minimum atomic E-state index is -0.505. The molecule has 3 aliphatic rings. The number of rotatable bonds is 6. The first-order valence-corrected chi connectivity index (χ1v) is 14.7. The fraction of sp³-hybridized carbons (Fsp3) is 0.394. The summed E-state index contributed by atoms with van der Waals surface area (Å²) in [6, 6.07) is 4.38. The normalized spacial score (nSPS) is 18.7. The van der Waals surface area contributed by atoms with Crippen molar-refractivity contribution in [3.8, 4) is 0 Å². The van der Waals surface area contributed by atoms with E-state index in [1.807, 2.05) is 27.8 Å². The molecule has 10 heteroatoms. The van der Waals surface area contributed by atoms with Gasteiger partial charge in [0, 0.05) is 82.0 Å². The standard InChI is InChI=1S/C31H36F2N6O2.C2H6/c1-18-13-21(31(41)36(4)5)14-23(32)29(18)20-8-11-38(12-9-20)19(2)27-15-22-26(7-10-35-30(22)37(27)6)39-17-24(33)25(34-3)16-28(39)40;1-2/h7-8,10,13-17,19,30,34-35H,9,11-12H2,1-6H3;1-2H3. The second-order valence-electron chi connectivity index (χ2n) is 10.9. The minimum absolute atomic E-state index is 0.0325. The van der Waals surface area contributed by atoms with Crippen molar-refractivity contribution in [2.45, 2.75) is 46.3 Å². The summed E-state index contributed by atoms with van der Waals surface area (Å²) in [7, 11) is 6.88. The Bertz CT molecular complexity index is 1560. The molecule has 0 aliphatic carbocycles. The average molecular weight is 593 g/mol. The van der Waals surface area contributed by atoms with Gasteiger partial charge in [0.05, 0.1) is 17.6 Å². The van der Waals surface area contributed by atoms with Gasteiger partial charge in [0.15, 0.2) is 5.82 Å². The quantitative estimate of drug-likeness (QED) is 0.499. The second kappa shape index (κ2) is 13.0. The molecule has 0 fully saturated rings. The number of amides is 1. The number of nitrogens with zero attached hydrogens (tertiary/aromatic N) is 4. The van der Waals surface area contributed by atoms with Crippen LogP contribution < -0.4 is 16.2 Å². The lowest BCUT2D eigenvalue weighted by Gasteiger charge is -2.37. The maximum absolute atomic E-state index is 15.2. The first-order valence-electron chi connectivity index (χ1n) is 14.7. The topological polar surface area (TPSA) is 72.9 Å². The Labute approximate surface area is 252 Å². The molecule has 230 valence electrons. The molecule has 0 saturated heterocycles. The highest BCUT2D eigenvalue weighted by atomic mass is 19.1. The van der Waals surface area contributed by atoms with Crippen molar-refractivity contribution in [3.05, 3.63) is 98.8 Å². The van der Waals surface area contributed by atoms with Gasteiger partial charge < -0.3 is 20.4 Å². The number of benzene rings is 1. The lowest BCUT2D eigenvalue weighted by molar-refractivity contribution is 0.0827. The zero-order valence-corrected chi connectivity index (χ0v) is 26.3. The largest absolute Gasteiger partial charge is 0.386 e. The minimum Gasteiger partial charge on any atom is -0.386 e. The predicted octanol–water partition coefficient (Wildman–Crippen LogP) is 4.87. The number of allylic oxidation sites excluding steroid dienone is 2. The second-order valence-corrected chi connectivity index (χ2v) is 10.9. The summed E-state index contributed by atoms with van der Waals surface area (Å²) < 4.78 is 31.1. The van der Waals surface area contributed by atoms with Crippen molar-refractivity contribution in [1.82, 2.24) is 24.6 Å². The monoisotopic (exact) mass is 592 g/mol. The zero-order valence-electron chi connectivity index (χ0n) is 26.3. The molecule has 3 aliphatic heterocycles. The molecule has 2 atom stereocenters. The fourth-order valence-corrected chi connectivity index (χ4v) is 5.93. The number of halogens is 2. The first kappa shape index (κ1) is 31.7. The van der Waals surface area contributed by atoms with Gasteiger partial charge in [0.25, 0.3) is 11.5 Å². The van der Waals surface area contributed by atoms with E-state index >= 15 is 4.39 Å². The van der Waals surface area contributed by atoms with E-state index in [9.17, 15) is 14.0 Å². The number of aromatic nitrogens is 1. The van der Waals surface area contributed by atoms with Gasteiger partial charge >= 0.3 is 0 Å². The number of carbonyl (C=O) groups excluding carboxylic acids is 1. The van der Waals surface area contributed by atoms with Crippen molar-refractivity contribution >= 4 is 22.9 Å². The number of likely N-dealkylation sites (N-methyl/N-ethyl adjacent to an activating group) is 1. The van der Waals surface area contributed by atoms with E-state index in [4.69, 9.17) is 0 Å². The summed E-state index contributed by atoms with van der Waals surface area (Å²) in [6.45, 7) is 9.34. The lowest BCUT2D eigenvalue weighted by Crippen LogP contribution is -2.45. The first-order chi connectivity index (χ1) is 20.5.